The molecule has 11 heteroatoms. The first-order valence-electron chi connectivity index (χ1n) is 9.41. The summed E-state index contributed by atoms with van der Waals surface area (Å²) in [7, 11) is -3.81. The summed E-state index contributed by atoms with van der Waals surface area (Å²) in [4.78, 5) is 13.2. The number of nitrogens with zero attached hydrogens (tertiary/aromatic N) is 4. The fourth-order valence-electron chi connectivity index (χ4n) is 2.93. The van der Waals surface area contributed by atoms with Gasteiger partial charge < -0.3 is 5.32 Å². The van der Waals surface area contributed by atoms with Crippen molar-refractivity contribution in [3.05, 3.63) is 90.5 Å². The zero-order valence-corrected chi connectivity index (χ0v) is 18.2. The number of rotatable bonds is 7. The Morgan fingerprint density at radius 2 is 1.56 bits per heavy atom. The third kappa shape index (κ3) is 5.02. The first-order chi connectivity index (χ1) is 15.4. The summed E-state index contributed by atoms with van der Waals surface area (Å²) in [5.74, 6) is -0.313. The van der Waals surface area contributed by atoms with Gasteiger partial charge in [0.25, 0.3) is 0 Å². The number of anilines is 1. The number of amides is 1. The lowest BCUT2D eigenvalue weighted by atomic mass is 10.1. The van der Waals surface area contributed by atoms with Gasteiger partial charge in [0.1, 0.15) is 5.25 Å². The molecular weight excluding hydrogens is 448 g/mol. The zero-order chi connectivity index (χ0) is 22.6. The van der Waals surface area contributed by atoms with E-state index in [9.17, 15) is 13.2 Å². The van der Waals surface area contributed by atoms with Gasteiger partial charge in [0.2, 0.25) is 21.1 Å². The van der Waals surface area contributed by atoms with Crippen LogP contribution in [0.25, 0.3) is 5.69 Å². The van der Waals surface area contributed by atoms with Gasteiger partial charge in [0.05, 0.1) is 10.6 Å². The van der Waals surface area contributed by atoms with Crippen molar-refractivity contribution in [2.75, 3.05) is 5.32 Å². The normalized spacial score (nSPS) is 12.3. The number of nitrogens with one attached hydrogen (secondary N) is 1. The maximum atomic E-state index is 13.2. The number of carbonyl (C=O) groups excluding carboxylic acids is 1. The minimum Gasteiger partial charge on any atom is -0.325 e. The molecule has 9 nitrogen and oxygen atoms in total. The van der Waals surface area contributed by atoms with Crippen molar-refractivity contribution in [2.24, 2.45) is 5.14 Å². The van der Waals surface area contributed by atoms with E-state index in [0.717, 1.165) is 11.3 Å². The Bertz CT molecular complexity index is 1310. The predicted octanol–water partition coefficient (Wildman–Crippen LogP) is 2.78. The Morgan fingerprint density at radius 3 is 2.19 bits per heavy atom. The van der Waals surface area contributed by atoms with Crippen LogP contribution >= 0.6 is 11.8 Å². The largest absolute Gasteiger partial charge is 0.325 e. The number of nitrogens with two attached hydrogens (primary N) is 1. The van der Waals surface area contributed by atoms with E-state index in [1.54, 1.807) is 4.68 Å². The van der Waals surface area contributed by atoms with E-state index in [1.807, 2.05) is 60.7 Å². The van der Waals surface area contributed by atoms with Gasteiger partial charge in [-0.2, -0.15) is 4.68 Å². The molecule has 0 aliphatic heterocycles. The molecule has 162 valence electrons. The van der Waals surface area contributed by atoms with Gasteiger partial charge in [-0.3, -0.25) is 4.79 Å². The fraction of sp³-hybridized carbons (Fsp3) is 0.0476. The molecule has 1 atom stereocenters. The Kier molecular flexibility index (Phi) is 6.30. The van der Waals surface area contributed by atoms with Crippen molar-refractivity contribution in [1.29, 1.82) is 0 Å². The molecule has 0 saturated heterocycles. The summed E-state index contributed by atoms with van der Waals surface area (Å²) in [6, 6.07) is 24.3. The zero-order valence-electron chi connectivity index (χ0n) is 16.6. The molecule has 0 aliphatic rings. The Morgan fingerprint density at radius 1 is 0.938 bits per heavy atom. The van der Waals surface area contributed by atoms with Crippen LogP contribution in [0.1, 0.15) is 10.8 Å². The summed E-state index contributed by atoms with van der Waals surface area (Å²) in [6.45, 7) is 0. The minimum absolute atomic E-state index is 0.0356. The first kappa shape index (κ1) is 21.7. The molecule has 4 rings (SSSR count). The smallest absolute Gasteiger partial charge is 0.242 e. The topological polar surface area (TPSA) is 133 Å². The maximum Gasteiger partial charge on any atom is 0.242 e. The van der Waals surface area contributed by atoms with Gasteiger partial charge >= 0.3 is 0 Å². The number of hydrogen-bond acceptors (Lipinski definition) is 7. The summed E-state index contributed by atoms with van der Waals surface area (Å²) >= 11 is 1.20. The van der Waals surface area contributed by atoms with E-state index in [4.69, 9.17) is 5.14 Å². The van der Waals surface area contributed by atoms with Crippen LogP contribution in [0.3, 0.4) is 0 Å². The van der Waals surface area contributed by atoms with Crippen molar-refractivity contribution in [3.8, 4) is 5.69 Å². The van der Waals surface area contributed by atoms with Crippen molar-refractivity contribution in [3.63, 3.8) is 0 Å². The first-order valence-corrected chi connectivity index (χ1v) is 11.8. The lowest BCUT2D eigenvalue weighted by Gasteiger charge is -2.16. The average molecular weight is 467 g/mol. The second-order valence-electron chi connectivity index (χ2n) is 6.68. The second-order valence-corrected chi connectivity index (χ2v) is 9.31. The van der Waals surface area contributed by atoms with E-state index < -0.39 is 15.3 Å². The van der Waals surface area contributed by atoms with Crippen LogP contribution < -0.4 is 10.5 Å². The highest BCUT2D eigenvalue weighted by atomic mass is 32.2. The van der Waals surface area contributed by atoms with E-state index in [-0.39, 0.29) is 10.8 Å². The second kappa shape index (κ2) is 9.30. The van der Waals surface area contributed by atoms with Crippen LogP contribution in [0.15, 0.2) is 95.0 Å². The van der Waals surface area contributed by atoms with Gasteiger partial charge in [-0.25, -0.2) is 13.6 Å². The summed E-state index contributed by atoms with van der Waals surface area (Å²) in [6.07, 6.45) is 0. The van der Waals surface area contributed by atoms with Gasteiger partial charge in [0, 0.05) is 5.69 Å². The molecule has 0 aliphatic carbocycles. The lowest BCUT2D eigenvalue weighted by Crippen LogP contribution is -2.20. The van der Waals surface area contributed by atoms with E-state index in [1.165, 1.54) is 36.0 Å². The van der Waals surface area contributed by atoms with Crippen LogP contribution in [0.4, 0.5) is 5.69 Å². The molecule has 1 amide bonds. The van der Waals surface area contributed by atoms with Crippen molar-refractivity contribution >= 4 is 33.4 Å². The standard InChI is InChI=1S/C21H18N6O3S2/c22-32(29,30)18-13-11-16(12-14-18)23-20(28)19(15-7-3-1-4-8-15)31-21-24-25-26-27(21)17-9-5-2-6-10-17/h1-14,19H,(H,23,28)(H2,22,29,30). The van der Waals surface area contributed by atoms with Crippen molar-refractivity contribution < 1.29 is 13.2 Å². The van der Waals surface area contributed by atoms with E-state index in [0.29, 0.717) is 10.8 Å². The van der Waals surface area contributed by atoms with Crippen LogP contribution in [0.2, 0.25) is 0 Å². The fourth-order valence-corrected chi connectivity index (χ4v) is 4.44. The summed E-state index contributed by atoms with van der Waals surface area (Å²) in [5, 5.41) is 19.6. The monoisotopic (exact) mass is 466 g/mol. The highest BCUT2D eigenvalue weighted by Gasteiger charge is 2.25. The third-order valence-electron chi connectivity index (χ3n) is 4.46. The molecule has 1 unspecified atom stereocenters. The number of thioether (sulfide) groups is 1. The Hall–Kier alpha value is -3.54. The minimum atomic E-state index is -3.81. The van der Waals surface area contributed by atoms with Gasteiger partial charge in [-0.1, -0.05) is 60.3 Å². The van der Waals surface area contributed by atoms with Crippen molar-refractivity contribution in [2.45, 2.75) is 15.3 Å². The average Bonchev–Trinajstić information content (AvgIpc) is 3.27. The molecule has 0 saturated carbocycles. The van der Waals surface area contributed by atoms with E-state index >= 15 is 0 Å². The van der Waals surface area contributed by atoms with Crippen LogP contribution in [-0.4, -0.2) is 34.5 Å². The number of primary sulfonamides is 1. The number of benzene rings is 3. The number of sulfonamides is 1. The molecule has 3 N–H and O–H groups in total. The molecule has 3 aromatic carbocycles. The molecular formula is C21H18N6O3S2. The Labute approximate surface area is 188 Å². The number of para-hydroxylation sites is 1. The summed E-state index contributed by atoms with van der Waals surface area (Å²) < 4.78 is 24.5. The van der Waals surface area contributed by atoms with Gasteiger partial charge in [0.15, 0.2) is 0 Å². The summed E-state index contributed by atoms with van der Waals surface area (Å²) in [5.41, 5.74) is 1.97. The number of tetrazole rings is 1. The number of hydrogen-bond donors (Lipinski definition) is 2. The SMILES string of the molecule is NS(=O)(=O)c1ccc(NC(=O)C(Sc2nnnn2-c2ccccc2)c2ccccc2)cc1. The molecule has 0 bridgehead atoms. The Balaban J connectivity index is 1.61. The molecule has 0 radical (unpaired) electrons. The molecule has 0 spiro atoms. The number of carbonyl (C=O) groups is 1. The van der Waals surface area contributed by atoms with Crippen LogP contribution in [0, 0.1) is 0 Å². The number of aromatic nitrogens is 4. The van der Waals surface area contributed by atoms with E-state index in [2.05, 4.69) is 20.8 Å². The maximum absolute atomic E-state index is 13.2. The third-order valence-corrected chi connectivity index (χ3v) is 6.57. The quantitative estimate of drug-likeness (QED) is 0.400. The molecule has 1 heterocycles. The predicted molar refractivity (Wildman–Crippen MR) is 121 cm³/mol. The van der Waals surface area contributed by atoms with Crippen LogP contribution in [0.5, 0.6) is 0 Å². The van der Waals surface area contributed by atoms with Gasteiger partial charge in [-0.15, -0.1) is 5.10 Å². The molecule has 32 heavy (non-hydrogen) atoms. The lowest BCUT2D eigenvalue weighted by molar-refractivity contribution is -0.115. The van der Waals surface area contributed by atoms with Crippen molar-refractivity contribution in [1.82, 2.24) is 20.2 Å². The van der Waals surface area contributed by atoms with Gasteiger partial charge in [-0.05, 0) is 52.4 Å². The molecule has 4 aromatic rings. The molecule has 0 fully saturated rings. The highest BCUT2D eigenvalue weighted by Crippen LogP contribution is 2.35. The molecule has 1 aromatic heterocycles. The highest BCUT2D eigenvalue weighted by molar-refractivity contribution is 8.00. The van der Waals surface area contributed by atoms with Crippen LogP contribution in [-0.2, 0) is 14.8 Å².